The second kappa shape index (κ2) is 4.79. The molecule has 0 aliphatic carbocycles. The molecule has 0 spiro atoms. The summed E-state index contributed by atoms with van der Waals surface area (Å²) in [6, 6.07) is 7.72. The highest BCUT2D eigenvalue weighted by Gasteiger charge is 2.20. The van der Waals surface area contributed by atoms with Crippen molar-refractivity contribution in [1.82, 2.24) is 0 Å². The van der Waals surface area contributed by atoms with Gasteiger partial charge in [-0.2, -0.15) is 0 Å². The molecule has 1 aromatic rings. The van der Waals surface area contributed by atoms with Crippen LogP contribution in [0.5, 0.6) is 5.75 Å². The van der Waals surface area contributed by atoms with Gasteiger partial charge in [-0.15, -0.1) is 0 Å². The second-order valence-electron chi connectivity index (χ2n) is 4.41. The van der Waals surface area contributed by atoms with Gasteiger partial charge in [0.05, 0.1) is 12.9 Å². The van der Waals surface area contributed by atoms with Crippen LogP contribution in [-0.4, -0.2) is 16.1 Å². The predicted octanol–water partition coefficient (Wildman–Crippen LogP) is 2.74. The Kier molecular flexibility index (Phi) is 3.91. The summed E-state index contributed by atoms with van der Waals surface area (Å²) in [5.74, 6) is 1.36. The predicted molar refractivity (Wildman–Crippen MR) is 64.6 cm³/mol. The number of para-hydroxylation sites is 1. The second-order valence-corrected chi connectivity index (χ2v) is 6.62. The maximum absolute atomic E-state index is 12.0. The van der Waals surface area contributed by atoms with Gasteiger partial charge in [-0.25, -0.2) is 0 Å². The van der Waals surface area contributed by atoms with Gasteiger partial charge in [-0.05, 0) is 26.8 Å². The fraction of sp³-hybridized carbons (Fsp3) is 0.500. The van der Waals surface area contributed by atoms with E-state index in [0.29, 0.717) is 5.75 Å². The van der Waals surface area contributed by atoms with Gasteiger partial charge in [0.2, 0.25) is 0 Å². The van der Waals surface area contributed by atoms with Crippen LogP contribution in [0, 0.1) is 0 Å². The minimum absolute atomic E-state index is 0.180. The van der Waals surface area contributed by atoms with Crippen LogP contribution in [0.1, 0.15) is 26.3 Å². The van der Waals surface area contributed by atoms with Gasteiger partial charge in [0.1, 0.15) is 5.75 Å². The van der Waals surface area contributed by atoms with Crippen molar-refractivity contribution in [2.75, 3.05) is 7.11 Å². The number of hydrogen-bond acceptors (Lipinski definition) is 2. The molecule has 0 saturated heterocycles. The molecular weight excluding hydrogens is 208 g/mol. The lowest BCUT2D eigenvalue weighted by Gasteiger charge is -2.18. The van der Waals surface area contributed by atoms with Crippen molar-refractivity contribution in [2.24, 2.45) is 0 Å². The summed E-state index contributed by atoms with van der Waals surface area (Å²) in [4.78, 5) is 0. The molecule has 0 heterocycles. The van der Waals surface area contributed by atoms with E-state index in [0.717, 1.165) is 11.3 Å². The zero-order valence-electron chi connectivity index (χ0n) is 9.74. The van der Waals surface area contributed by atoms with E-state index in [9.17, 15) is 4.21 Å². The third-order valence-corrected chi connectivity index (χ3v) is 4.10. The van der Waals surface area contributed by atoms with E-state index in [-0.39, 0.29) is 4.75 Å². The lowest BCUT2D eigenvalue weighted by molar-refractivity contribution is 0.411. The standard InChI is InChI=1S/C12H18O2S/c1-12(2,3)15(13)9-10-7-5-6-8-11(10)14-4/h5-8H,9H2,1-4H3/t15-/m0/s1. The zero-order valence-corrected chi connectivity index (χ0v) is 10.6. The van der Waals surface area contributed by atoms with E-state index in [2.05, 4.69) is 0 Å². The van der Waals surface area contributed by atoms with Crippen molar-refractivity contribution in [3.63, 3.8) is 0 Å². The summed E-state index contributed by atoms with van der Waals surface area (Å²) >= 11 is 0. The average molecular weight is 226 g/mol. The van der Waals surface area contributed by atoms with E-state index in [4.69, 9.17) is 4.74 Å². The smallest absolute Gasteiger partial charge is 0.122 e. The highest BCUT2D eigenvalue weighted by molar-refractivity contribution is 7.85. The van der Waals surface area contributed by atoms with Crippen molar-refractivity contribution in [1.29, 1.82) is 0 Å². The highest BCUT2D eigenvalue weighted by Crippen LogP contribution is 2.23. The summed E-state index contributed by atoms with van der Waals surface area (Å²) in [6.45, 7) is 5.95. The van der Waals surface area contributed by atoms with Gasteiger partial charge in [-0.1, -0.05) is 18.2 Å². The third-order valence-electron chi connectivity index (χ3n) is 2.16. The van der Waals surface area contributed by atoms with Crippen LogP contribution < -0.4 is 4.74 Å². The van der Waals surface area contributed by atoms with E-state index in [1.54, 1.807) is 7.11 Å². The van der Waals surface area contributed by atoms with Crippen LogP contribution in [-0.2, 0) is 16.6 Å². The van der Waals surface area contributed by atoms with E-state index >= 15 is 0 Å². The molecule has 0 fully saturated rings. The summed E-state index contributed by atoms with van der Waals surface area (Å²) in [7, 11) is 0.758. The van der Waals surface area contributed by atoms with Gasteiger partial charge in [0.25, 0.3) is 0 Å². The van der Waals surface area contributed by atoms with E-state index < -0.39 is 10.8 Å². The Morgan fingerprint density at radius 2 is 1.87 bits per heavy atom. The minimum atomic E-state index is -0.880. The molecule has 0 aliphatic rings. The molecule has 0 aromatic heterocycles. The highest BCUT2D eigenvalue weighted by atomic mass is 32.2. The first-order valence-corrected chi connectivity index (χ1v) is 6.27. The van der Waals surface area contributed by atoms with Crippen LogP contribution in [0.3, 0.4) is 0 Å². The largest absolute Gasteiger partial charge is 0.496 e. The summed E-state index contributed by atoms with van der Waals surface area (Å²) in [6.07, 6.45) is 0. The lowest BCUT2D eigenvalue weighted by Crippen LogP contribution is -2.23. The third kappa shape index (κ3) is 3.34. The number of methoxy groups -OCH3 is 1. The molecule has 3 heteroatoms. The van der Waals surface area contributed by atoms with Gasteiger partial charge >= 0.3 is 0 Å². The number of hydrogen-bond donors (Lipinski definition) is 0. The van der Waals surface area contributed by atoms with Crippen molar-refractivity contribution in [3.8, 4) is 5.75 Å². The fourth-order valence-electron chi connectivity index (χ4n) is 1.18. The first kappa shape index (κ1) is 12.2. The normalized spacial score (nSPS) is 13.6. The van der Waals surface area contributed by atoms with Gasteiger partial charge in [0.15, 0.2) is 0 Å². The fourth-order valence-corrected chi connectivity index (χ4v) is 2.13. The van der Waals surface area contributed by atoms with Crippen molar-refractivity contribution in [2.45, 2.75) is 31.3 Å². The van der Waals surface area contributed by atoms with Crippen molar-refractivity contribution >= 4 is 10.8 Å². The van der Waals surface area contributed by atoms with Crippen LogP contribution in [0.15, 0.2) is 24.3 Å². The Morgan fingerprint density at radius 3 is 2.40 bits per heavy atom. The van der Waals surface area contributed by atoms with Gasteiger partial charge in [0, 0.05) is 21.1 Å². The molecule has 0 unspecified atom stereocenters. The number of ether oxygens (including phenoxy) is 1. The topological polar surface area (TPSA) is 26.3 Å². The molecule has 1 atom stereocenters. The van der Waals surface area contributed by atoms with Crippen LogP contribution in [0.2, 0.25) is 0 Å². The lowest BCUT2D eigenvalue weighted by atomic mass is 10.2. The SMILES string of the molecule is COc1ccccc1C[S@](=O)C(C)(C)C. The first-order valence-electron chi connectivity index (χ1n) is 4.95. The van der Waals surface area contributed by atoms with E-state index in [1.807, 2.05) is 45.0 Å². The number of rotatable bonds is 3. The maximum Gasteiger partial charge on any atom is 0.122 e. The zero-order chi connectivity index (χ0) is 11.5. The molecule has 0 N–H and O–H groups in total. The number of benzene rings is 1. The van der Waals surface area contributed by atoms with Gasteiger partial charge < -0.3 is 4.74 Å². The Morgan fingerprint density at radius 1 is 1.27 bits per heavy atom. The Balaban J connectivity index is 2.85. The molecule has 0 aliphatic heterocycles. The molecule has 15 heavy (non-hydrogen) atoms. The van der Waals surface area contributed by atoms with E-state index in [1.165, 1.54) is 0 Å². The molecule has 2 nitrogen and oxygen atoms in total. The van der Waals surface area contributed by atoms with Crippen molar-refractivity contribution in [3.05, 3.63) is 29.8 Å². The molecule has 1 aromatic carbocycles. The maximum atomic E-state index is 12.0. The Labute approximate surface area is 94.1 Å². The molecule has 0 bridgehead atoms. The summed E-state index contributed by atoms with van der Waals surface area (Å²) in [5.41, 5.74) is 1.01. The molecule has 0 amide bonds. The minimum Gasteiger partial charge on any atom is -0.496 e. The van der Waals surface area contributed by atoms with Crippen LogP contribution >= 0.6 is 0 Å². The summed E-state index contributed by atoms with van der Waals surface area (Å²) in [5, 5.41) is 0. The molecule has 1 rings (SSSR count). The van der Waals surface area contributed by atoms with Crippen LogP contribution in [0.25, 0.3) is 0 Å². The van der Waals surface area contributed by atoms with Crippen molar-refractivity contribution < 1.29 is 8.95 Å². The molecular formula is C12H18O2S. The molecule has 0 saturated carbocycles. The molecule has 84 valence electrons. The summed E-state index contributed by atoms with van der Waals surface area (Å²) < 4.78 is 17.0. The Bertz CT molecular complexity index is 353. The molecule has 0 radical (unpaired) electrons. The quantitative estimate of drug-likeness (QED) is 0.792. The Hall–Kier alpha value is -0.830. The first-order chi connectivity index (χ1) is 6.95. The monoisotopic (exact) mass is 226 g/mol. The van der Waals surface area contributed by atoms with Gasteiger partial charge in [-0.3, -0.25) is 4.21 Å². The van der Waals surface area contributed by atoms with Crippen LogP contribution in [0.4, 0.5) is 0 Å². The average Bonchev–Trinajstić information content (AvgIpc) is 2.17.